The van der Waals surface area contributed by atoms with Crippen molar-refractivity contribution in [2.24, 2.45) is 11.7 Å². The van der Waals surface area contributed by atoms with Crippen molar-refractivity contribution in [3.05, 3.63) is 0 Å². The van der Waals surface area contributed by atoms with Gasteiger partial charge >= 0.3 is 0 Å². The van der Waals surface area contributed by atoms with Crippen molar-refractivity contribution in [3.8, 4) is 0 Å². The van der Waals surface area contributed by atoms with Crippen molar-refractivity contribution >= 4 is 0 Å². The molecular weight excluding hydrogens is 176 g/mol. The highest BCUT2D eigenvalue weighted by Gasteiger charge is 2.35. The lowest BCUT2D eigenvalue weighted by atomic mass is 9.96. The van der Waals surface area contributed by atoms with Gasteiger partial charge in [-0.3, -0.25) is 4.90 Å². The lowest BCUT2D eigenvalue weighted by molar-refractivity contribution is 0.0327. The van der Waals surface area contributed by atoms with Crippen molar-refractivity contribution < 1.29 is 5.11 Å². The van der Waals surface area contributed by atoms with Gasteiger partial charge in [0, 0.05) is 11.6 Å². The average molecular weight is 200 g/mol. The Morgan fingerprint density at radius 1 is 1.43 bits per heavy atom. The Morgan fingerprint density at radius 2 is 2.07 bits per heavy atom. The molecule has 1 aliphatic carbocycles. The first-order valence-corrected chi connectivity index (χ1v) is 5.57. The zero-order valence-electron chi connectivity index (χ0n) is 9.66. The van der Waals surface area contributed by atoms with Crippen molar-refractivity contribution in [3.63, 3.8) is 0 Å². The first kappa shape index (κ1) is 12.0. The quantitative estimate of drug-likeness (QED) is 0.706. The number of likely N-dealkylation sites (N-methyl/N-ethyl adjacent to an activating group) is 1. The van der Waals surface area contributed by atoms with Gasteiger partial charge in [0.15, 0.2) is 0 Å². The third kappa shape index (κ3) is 2.27. The van der Waals surface area contributed by atoms with Crippen LogP contribution in [0.5, 0.6) is 0 Å². The van der Waals surface area contributed by atoms with Crippen LogP contribution in [0.4, 0.5) is 0 Å². The molecule has 1 aliphatic rings. The third-order valence-electron chi connectivity index (χ3n) is 3.76. The minimum atomic E-state index is -0.123. The molecule has 0 aromatic heterocycles. The molecule has 0 aliphatic heterocycles. The SMILES string of the molecule is CN(C1CCCC1CN)C(C)(C)CO. The maximum atomic E-state index is 9.31. The van der Waals surface area contributed by atoms with E-state index >= 15 is 0 Å². The van der Waals surface area contributed by atoms with Gasteiger partial charge in [0.2, 0.25) is 0 Å². The number of rotatable bonds is 4. The van der Waals surface area contributed by atoms with Crippen LogP contribution in [0.3, 0.4) is 0 Å². The molecule has 0 heterocycles. The van der Waals surface area contributed by atoms with E-state index < -0.39 is 0 Å². The summed E-state index contributed by atoms with van der Waals surface area (Å²) < 4.78 is 0. The summed E-state index contributed by atoms with van der Waals surface area (Å²) in [4.78, 5) is 2.30. The lowest BCUT2D eigenvalue weighted by Crippen LogP contribution is -2.51. The first-order valence-electron chi connectivity index (χ1n) is 5.57. The number of aliphatic hydroxyl groups is 1. The molecule has 3 nitrogen and oxygen atoms in total. The van der Waals surface area contributed by atoms with E-state index in [-0.39, 0.29) is 12.1 Å². The summed E-state index contributed by atoms with van der Waals surface area (Å²) in [5.74, 6) is 0.617. The molecule has 2 unspecified atom stereocenters. The zero-order valence-corrected chi connectivity index (χ0v) is 9.66. The van der Waals surface area contributed by atoms with Crippen molar-refractivity contribution in [2.45, 2.75) is 44.7 Å². The Bertz CT molecular complexity index is 182. The maximum absolute atomic E-state index is 9.31. The second-order valence-corrected chi connectivity index (χ2v) is 5.08. The van der Waals surface area contributed by atoms with Gasteiger partial charge in [0.1, 0.15) is 0 Å². The fourth-order valence-electron chi connectivity index (χ4n) is 2.36. The fraction of sp³-hybridized carbons (Fsp3) is 1.00. The average Bonchev–Trinajstić information content (AvgIpc) is 2.64. The minimum Gasteiger partial charge on any atom is -0.394 e. The van der Waals surface area contributed by atoms with E-state index in [1.54, 1.807) is 0 Å². The molecule has 0 spiro atoms. The number of nitrogens with two attached hydrogens (primary N) is 1. The molecule has 0 radical (unpaired) electrons. The van der Waals surface area contributed by atoms with Crippen LogP contribution in [0, 0.1) is 5.92 Å². The van der Waals surface area contributed by atoms with Gasteiger partial charge in [-0.2, -0.15) is 0 Å². The van der Waals surface area contributed by atoms with Gasteiger partial charge in [0.05, 0.1) is 6.61 Å². The molecule has 2 atom stereocenters. The van der Waals surface area contributed by atoms with Gasteiger partial charge in [-0.1, -0.05) is 6.42 Å². The molecule has 84 valence electrons. The van der Waals surface area contributed by atoms with Crippen LogP contribution in [0.1, 0.15) is 33.1 Å². The van der Waals surface area contributed by atoms with Crippen LogP contribution in [-0.4, -0.2) is 41.8 Å². The van der Waals surface area contributed by atoms with Crippen LogP contribution < -0.4 is 5.73 Å². The summed E-state index contributed by atoms with van der Waals surface area (Å²) in [6.07, 6.45) is 3.74. The van der Waals surface area contributed by atoms with E-state index in [1.165, 1.54) is 19.3 Å². The Kier molecular flexibility index (Phi) is 3.93. The Morgan fingerprint density at radius 3 is 2.57 bits per heavy atom. The summed E-state index contributed by atoms with van der Waals surface area (Å²) in [5.41, 5.74) is 5.63. The molecule has 0 saturated heterocycles. The molecule has 1 saturated carbocycles. The van der Waals surface area contributed by atoms with Gasteiger partial charge in [-0.25, -0.2) is 0 Å². The molecule has 0 bridgehead atoms. The maximum Gasteiger partial charge on any atom is 0.0610 e. The predicted octanol–water partition coefficient (Wildman–Crippen LogP) is 0.817. The van der Waals surface area contributed by atoms with E-state index in [4.69, 9.17) is 5.73 Å². The van der Waals surface area contributed by atoms with Crippen LogP contribution >= 0.6 is 0 Å². The molecule has 0 aromatic carbocycles. The number of aliphatic hydroxyl groups excluding tert-OH is 1. The summed E-state index contributed by atoms with van der Waals surface area (Å²) >= 11 is 0. The largest absolute Gasteiger partial charge is 0.394 e. The summed E-state index contributed by atoms with van der Waals surface area (Å²) in [6.45, 7) is 5.14. The highest BCUT2D eigenvalue weighted by Crippen LogP contribution is 2.31. The zero-order chi connectivity index (χ0) is 10.8. The smallest absolute Gasteiger partial charge is 0.0610 e. The minimum absolute atomic E-state index is 0.123. The van der Waals surface area contributed by atoms with E-state index in [0.717, 1.165) is 6.54 Å². The molecular formula is C11H24N2O. The first-order chi connectivity index (χ1) is 6.53. The van der Waals surface area contributed by atoms with Crippen LogP contribution in [0.25, 0.3) is 0 Å². The van der Waals surface area contributed by atoms with Gasteiger partial charge in [0.25, 0.3) is 0 Å². The lowest BCUT2D eigenvalue weighted by Gasteiger charge is -2.40. The molecule has 0 amide bonds. The van der Waals surface area contributed by atoms with E-state index in [0.29, 0.717) is 12.0 Å². The van der Waals surface area contributed by atoms with Crippen molar-refractivity contribution in [1.82, 2.24) is 4.90 Å². The van der Waals surface area contributed by atoms with Crippen LogP contribution in [0.2, 0.25) is 0 Å². The Balaban J connectivity index is 2.63. The topological polar surface area (TPSA) is 49.5 Å². The van der Waals surface area contributed by atoms with Gasteiger partial charge < -0.3 is 10.8 Å². The van der Waals surface area contributed by atoms with Crippen LogP contribution in [0.15, 0.2) is 0 Å². The number of nitrogens with zero attached hydrogens (tertiary/aromatic N) is 1. The summed E-state index contributed by atoms with van der Waals surface area (Å²) in [6, 6.07) is 0.558. The normalized spacial score (nSPS) is 28.7. The second kappa shape index (κ2) is 4.60. The van der Waals surface area contributed by atoms with Gasteiger partial charge in [-0.05, 0) is 46.2 Å². The third-order valence-corrected chi connectivity index (χ3v) is 3.76. The molecule has 1 rings (SSSR count). The Labute approximate surface area is 87.3 Å². The number of hydrogen-bond donors (Lipinski definition) is 2. The predicted molar refractivity (Wildman–Crippen MR) is 59.1 cm³/mol. The highest BCUT2D eigenvalue weighted by atomic mass is 16.3. The van der Waals surface area contributed by atoms with Crippen molar-refractivity contribution in [2.75, 3.05) is 20.2 Å². The second-order valence-electron chi connectivity index (χ2n) is 5.08. The summed E-state index contributed by atoms with van der Waals surface area (Å²) in [5, 5.41) is 9.31. The van der Waals surface area contributed by atoms with Crippen molar-refractivity contribution in [1.29, 1.82) is 0 Å². The molecule has 3 N–H and O–H groups in total. The Hall–Kier alpha value is -0.120. The summed E-state index contributed by atoms with van der Waals surface area (Å²) in [7, 11) is 2.11. The molecule has 14 heavy (non-hydrogen) atoms. The molecule has 0 aromatic rings. The van der Waals surface area contributed by atoms with E-state index in [9.17, 15) is 5.11 Å². The highest BCUT2D eigenvalue weighted by molar-refractivity contribution is 4.91. The monoisotopic (exact) mass is 200 g/mol. The van der Waals surface area contributed by atoms with E-state index in [2.05, 4.69) is 25.8 Å². The molecule has 1 fully saturated rings. The van der Waals surface area contributed by atoms with Crippen LogP contribution in [-0.2, 0) is 0 Å². The molecule has 3 heteroatoms. The standard InChI is InChI=1S/C11H24N2O/c1-11(2,8-14)13(3)10-6-4-5-9(10)7-12/h9-10,14H,4-8,12H2,1-3H3. The van der Waals surface area contributed by atoms with Gasteiger partial charge in [-0.15, -0.1) is 0 Å². The fourth-order valence-corrected chi connectivity index (χ4v) is 2.36. The van der Waals surface area contributed by atoms with E-state index in [1.807, 2.05) is 0 Å². The number of hydrogen-bond acceptors (Lipinski definition) is 3.